The fraction of sp³-hybridized carbons (Fsp3) is 0.357. The molecule has 0 spiro atoms. The molecule has 2 N–H and O–H groups in total. The van der Waals surface area contributed by atoms with E-state index in [1.807, 2.05) is 24.4 Å². The molecule has 5 rings (SSSR count). The van der Waals surface area contributed by atoms with E-state index < -0.39 is 23.4 Å². The van der Waals surface area contributed by atoms with Crippen LogP contribution >= 0.6 is 0 Å². The van der Waals surface area contributed by atoms with E-state index in [0.717, 1.165) is 34.3 Å². The molecule has 4 heterocycles. The summed E-state index contributed by atoms with van der Waals surface area (Å²) in [5.41, 5.74) is 2.18. The molecule has 3 aromatic heterocycles. The molecule has 0 radical (unpaired) electrons. The van der Waals surface area contributed by atoms with Gasteiger partial charge in [0, 0.05) is 53.7 Å². The molecule has 39 heavy (non-hydrogen) atoms. The monoisotopic (exact) mass is 538 g/mol. The number of para-hydroxylation sites is 1. The van der Waals surface area contributed by atoms with Gasteiger partial charge in [0.05, 0.1) is 17.8 Å². The summed E-state index contributed by atoms with van der Waals surface area (Å²) in [5.74, 6) is 0.643. The predicted molar refractivity (Wildman–Crippen MR) is 141 cm³/mol. The van der Waals surface area contributed by atoms with E-state index in [1.165, 1.54) is 6.20 Å². The van der Waals surface area contributed by atoms with Crippen molar-refractivity contribution >= 4 is 22.8 Å². The molecule has 0 unspecified atom stereocenters. The summed E-state index contributed by atoms with van der Waals surface area (Å²) in [6.45, 7) is 6.48. The van der Waals surface area contributed by atoms with Gasteiger partial charge in [0.25, 0.3) is 0 Å². The molecule has 1 aliphatic heterocycles. The molecular formula is C28H29F3N6O2. The zero-order valence-electron chi connectivity index (χ0n) is 21.9. The van der Waals surface area contributed by atoms with Crippen molar-refractivity contribution in [3.8, 4) is 11.4 Å². The van der Waals surface area contributed by atoms with Gasteiger partial charge in [-0.1, -0.05) is 18.2 Å². The number of rotatable bonds is 5. The number of carbonyl (C=O) groups excluding carboxylic acids is 1. The Balaban J connectivity index is 1.45. The van der Waals surface area contributed by atoms with Gasteiger partial charge in [-0.3, -0.25) is 4.98 Å². The van der Waals surface area contributed by atoms with Crippen LogP contribution in [0.4, 0.5) is 23.8 Å². The SMILES string of the molecule is CC(C)(C)OC(=O)N1CCc2c(nc(-c3cncc(C(F)(F)F)c3)nc2NCCc2c[nH]c3ccccc23)C1. The molecule has 1 aromatic carbocycles. The van der Waals surface area contributed by atoms with Gasteiger partial charge < -0.3 is 19.9 Å². The highest BCUT2D eigenvalue weighted by Crippen LogP contribution is 2.32. The van der Waals surface area contributed by atoms with Crippen molar-refractivity contribution in [2.75, 3.05) is 18.4 Å². The van der Waals surface area contributed by atoms with Crippen LogP contribution < -0.4 is 5.32 Å². The predicted octanol–water partition coefficient (Wildman–Crippen LogP) is 5.99. The standard InChI is InChI=1S/C28H29F3N6O2/c1-27(2,3)39-26(38)37-11-9-21-23(16-37)35-24(18-12-19(15-32-13-18)28(29,30)31)36-25(21)33-10-8-17-14-34-22-7-5-4-6-20(17)22/h4-7,12-15,34H,8-11,16H2,1-3H3,(H,33,35,36). The van der Waals surface area contributed by atoms with Crippen molar-refractivity contribution in [3.05, 3.63) is 71.3 Å². The first-order valence-corrected chi connectivity index (χ1v) is 12.7. The van der Waals surface area contributed by atoms with Crippen LogP contribution in [0.25, 0.3) is 22.3 Å². The number of pyridine rings is 1. The van der Waals surface area contributed by atoms with Crippen LogP contribution in [0.5, 0.6) is 0 Å². The van der Waals surface area contributed by atoms with E-state index in [0.29, 0.717) is 37.4 Å². The number of halogens is 3. The van der Waals surface area contributed by atoms with Gasteiger partial charge in [0.1, 0.15) is 11.4 Å². The number of alkyl halides is 3. The zero-order chi connectivity index (χ0) is 27.8. The van der Waals surface area contributed by atoms with Crippen LogP contribution in [0, 0.1) is 0 Å². The Hall–Kier alpha value is -4.15. The first-order valence-electron chi connectivity index (χ1n) is 12.7. The minimum Gasteiger partial charge on any atom is -0.444 e. The maximum absolute atomic E-state index is 13.4. The van der Waals surface area contributed by atoms with Crippen molar-refractivity contribution in [1.82, 2.24) is 24.8 Å². The third kappa shape index (κ3) is 5.97. The van der Waals surface area contributed by atoms with Crippen molar-refractivity contribution in [2.45, 2.75) is 51.9 Å². The maximum Gasteiger partial charge on any atom is 0.417 e. The second kappa shape index (κ2) is 10.2. The topological polar surface area (TPSA) is 96.0 Å². The molecule has 0 fully saturated rings. The lowest BCUT2D eigenvalue weighted by molar-refractivity contribution is -0.137. The molecule has 204 valence electrons. The largest absolute Gasteiger partial charge is 0.444 e. The smallest absolute Gasteiger partial charge is 0.417 e. The van der Waals surface area contributed by atoms with Gasteiger partial charge in [0.2, 0.25) is 0 Å². The molecule has 1 aliphatic rings. The van der Waals surface area contributed by atoms with Crippen LogP contribution in [0.15, 0.2) is 48.9 Å². The average molecular weight is 539 g/mol. The number of anilines is 1. The van der Waals surface area contributed by atoms with Crippen LogP contribution in [-0.4, -0.2) is 49.6 Å². The van der Waals surface area contributed by atoms with Crippen LogP contribution in [0.2, 0.25) is 0 Å². The second-order valence-electron chi connectivity index (χ2n) is 10.5. The molecule has 11 heteroatoms. The molecule has 0 bridgehead atoms. The molecule has 4 aromatic rings. The first-order chi connectivity index (χ1) is 18.5. The minimum absolute atomic E-state index is 0.105. The number of hydrogen-bond donors (Lipinski definition) is 2. The number of nitrogens with one attached hydrogen (secondary N) is 2. The summed E-state index contributed by atoms with van der Waals surface area (Å²) >= 11 is 0. The number of H-pyrrole nitrogens is 1. The van der Waals surface area contributed by atoms with E-state index in [1.54, 1.807) is 25.7 Å². The Bertz CT molecular complexity index is 1510. The van der Waals surface area contributed by atoms with Crippen molar-refractivity contribution in [1.29, 1.82) is 0 Å². The van der Waals surface area contributed by atoms with Gasteiger partial charge in [-0.05, 0) is 51.3 Å². The fourth-order valence-electron chi connectivity index (χ4n) is 4.56. The molecule has 0 saturated carbocycles. The summed E-state index contributed by atoms with van der Waals surface area (Å²) in [7, 11) is 0. The van der Waals surface area contributed by atoms with Crippen molar-refractivity contribution < 1.29 is 22.7 Å². The second-order valence-corrected chi connectivity index (χ2v) is 10.5. The number of fused-ring (bicyclic) bond motifs is 2. The lowest BCUT2D eigenvalue weighted by atomic mass is 10.0. The highest BCUT2D eigenvalue weighted by Gasteiger charge is 2.32. The Morgan fingerprint density at radius 2 is 1.95 bits per heavy atom. The molecule has 0 atom stereocenters. The van der Waals surface area contributed by atoms with E-state index in [4.69, 9.17) is 4.74 Å². The summed E-state index contributed by atoms with van der Waals surface area (Å²) in [5, 5.41) is 4.50. The van der Waals surface area contributed by atoms with E-state index in [-0.39, 0.29) is 17.9 Å². The van der Waals surface area contributed by atoms with Crippen molar-refractivity contribution in [2.24, 2.45) is 0 Å². The van der Waals surface area contributed by atoms with Gasteiger partial charge >= 0.3 is 12.3 Å². The number of aromatic nitrogens is 4. The van der Waals surface area contributed by atoms with Gasteiger partial charge in [-0.25, -0.2) is 14.8 Å². The quantitative estimate of drug-likeness (QED) is 0.324. The lowest BCUT2D eigenvalue weighted by Gasteiger charge is -2.31. The fourth-order valence-corrected chi connectivity index (χ4v) is 4.56. The van der Waals surface area contributed by atoms with Gasteiger partial charge in [-0.15, -0.1) is 0 Å². The molecule has 1 amide bonds. The Labute approximate surface area is 223 Å². The van der Waals surface area contributed by atoms with Crippen LogP contribution in [0.1, 0.15) is 43.2 Å². The van der Waals surface area contributed by atoms with E-state index >= 15 is 0 Å². The number of aromatic amines is 1. The highest BCUT2D eigenvalue weighted by atomic mass is 19.4. The number of ether oxygens (including phenoxy) is 1. The Morgan fingerprint density at radius 3 is 2.72 bits per heavy atom. The molecule has 8 nitrogen and oxygen atoms in total. The summed E-state index contributed by atoms with van der Waals surface area (Å²) in [6.07, 6.45) is 0.208. The summed E-state index contributed by atoms with van der Waals surface area (Å²) < 4.78 is 45.6. The minimum atomic E-state index is -4.55. The number of amides is 1. The third-order valence-corrected chi connectivity index (χ3v) is 6.40. The Morgan fingerprint density at radius 1 is 1.15 bits per heavy atom. The maximum atomic E-state index is 13.4. The van der Waals surface area contributed by atoms with Crippen LogP contribution in [-0.2, 0) is 30.3 Å². The summed E-state index contributed by atoms with van der Waals surface area (Å²) in [4.78, 5) is 30.5. The first kappa shape index (κ1) is 26.5. The highest BCUT2D eigenvalue weighted by molar-refractivity contribution is 5.83. The van der Waals surface area contributed by atoms with Crippen LogP contribution in [0.3, 0.4) is 0 Å². The average Bonchev–Trinajstić information content (AvgIpc) is 3.30. The van der Waals surface area contributed by atoms with Gasteiger partial charge in [0.15, 0.2) is 5.82 Å². The lowest BCUT2D eigenvalue weighted by Crippen LogP contribution is -2.40. The van der Waals surface area contributed by atoms with Gasteiger partial charge in [-0.2, -0.15) is 13.2 Å². The van der Waals surface area contributed by atoms with E-state index in [9.17, 15) is 18.0 Å². The Kier molecular flexibility index (Phi) is 6.92. The third-order valence-electron chi connectivity index (χ3n) is 6.40. The number of benzene rings is 1. The molecule has 0 aliphatic carbocycles. The van der Waals surface area contributed by atoms with E-state index in [2.05, 4.69) is 31.3 Å². The summed E-state index contributed by atoms with van der Waals surface area (Å²) in [6, 6.07) is 9.01. The normalized spacial score (nSPS) is 13.8. The number of carbonyl (C=O) groups is 1. The zero-order valence-corrected chi connectivity index (χ0v) is 21.9. The molecular weight excluding hydrogens is 509 g/mol. The number of hydrogen-bond acceptors (Lipinski definition) is 6. The van der Waals surface area contributed by atoms with Crippen molar-refractivity contribution in [3.63, 3.8) is 0 Å². The number of nitrogens with zero attached hydrogens (tertiary/aromatic N) is 4. The molecule has 0 saturated heterocycles.